The van der Waals surface area contributed by atoms with Crippen LogP contribution in [0.3, 0.4) is 0 Å². The lowest BCUT2D eigenvalue weighted by Crippen LogP contribution is -2.13. The smallest absolute Gasteiger partial charge is 0.266 e. The van der Waals surface area contributed by atoms with Crippen LogP contribution < -0.4 is 19.5 Å². The van der Waals surface area contributed by atoms with E-state index in [0.717, 1.165) is 5.56 Å². The lowest BCUT2D eigenvalue weighted by molar-refractivity contribution is -0.112. The van der Waals surface area contributed by atoms with Gasteiger partial charge in [0.2, 0.25) is 0 Å². The highest BCUT2D eigenvalue weighted by Crippen LogP contribution is 2.28. The molecule has 0 aliphatic rings. The van der Waals surface area contributed by atoms with Gasteiger partial charge in [-0.15, -0.1) is 0 Å². The van der Waals surface area contributed by atoms with E-state index in [-0.39, 0.29) is 5.57 Å². The molecule has 3 aromatic rings. The number of hydrogen-bond acceptors (Lipinski definition) is 5. The van der Waals surface area contributed by atoms with Crippen LogP contribution in [0.4, 0.5) is 5.69 Å². The van der Waals surface area contributed by atoms with Crippen LogP contribution in [-0.4, -0.2) is 20.1 Å². The number of halogens is 1. The van der Waals surface area contributed by atoms with Crippen molar-refractivity contribution < 1.29 is 19.0 Å². The molecule has 0 saturated heterocycles. The van der Waals surface area contributed by atoms with Gasteiger partial charge in [-0.25, -0.2) is 0 Å². The van der Waals surface area contributed by atoms with Crippen LogP contribution in [0.5, 0.6) is 17.2 Å². The highest BCUT2D eigenvalue weighted by atomic mass is 35.5. The Hall–Kier alpha value is -3.95. The van der Waals surface area contributed by atoms with Gasteiger partial charge in [-0.1, -0.05) is 35.9 Å². The summed E-state index contributed by atoms with van der Waals surface area (Å²) in [7, 11) is 3.06. The van der Waals surface area contributed by atoms with Gasteiger partial charge in [0.05, 0.1) is 14.2 Å². The van der Waals surface area contributed by atoms with Crippen molar-refractivity contribution >= 4 is 29.3 Å². The second kappa shape index (κ2) is 10.9. The standard InChI is InChI=1S/C25H21ClN2O4/c1-30-23-12-7-17(14-24(23)31-2)13-19(15-27)25(29)28-20-8-10-21(11-9-20)32-16-18-5-3-4-6-22(18)26/h3-14H,16H2,1-2H3,(H,28,29)/b19-13+. The average molecular weight is 449 g/mol. The molecule has 0 fully saturated rings. The van der Waals surface area contributed by atoms with Crippen LogP contribution in [0.2, 0.25) is 5.02 Å². The Balaban J connectivity index is 1.65. The Morgan fingerprint density at radius 1 is 1.03 bits per heavy atom. The Kier molecular flexibility index (Phi) is 7.74. The van der Waals surface area contributed by atoms with Gasteiger partial charge in [0.25, 0.3) is 5.91 Å². The number of carbonyl (C=O) groups is 1. The molecule has 3 aromatic carbocycles. The molecular weight excluding hydrogens is 428 g/mol. The lowest BCUT2D eigenvalue weighted by Gasteiger charge is -2.10. The molecule has 0 aliphatic heterocycles. The number of nitrogens with zero attached hydrogens (tertiary/aromatic N) is 1. The van der Waals surface area contributed by atoms with Gasteiger partial charge < -0.3 is 19.5 Å². The molecule has 0 unspecified atom stereocenters. The van der Waals surface area contributed by atoms with Crippen molar-refractivity contribution in [2.75, 3.05) is 19.5 Å². The van der Waals surface area contributed by atoms with Crippen LogP contribution in [-0.2, 0) is 11.4 Å². The zero-order valence-electron chi connectivity index (χ0n) is 17.6. The summed E-state index contributed by atoms with van der Waals surface area (Å²) in [4.78, 5) is 12.6. The van der Waals surface area contributed by atoms with Gasteiger partial charge >= 0.3 is 0 Å². The Morgan fingerprint density at radius 2 is 1.75 bits per heavy atom. The van der Waals surface area contributed by atoms with E-state index in [0.29, 0.717) is 40.1 Å². The Morgan fingerprint density at radius 3 is 2.41 bits per heavy atom. The number of rotatable bonds is 8. The largest absolute Gasteiger partial charge is 0.493 e. The third-order valence-electron chi connectivity index (χ3n) is 4.55. The van der Waals surface area contributed by atoms with Gasteiger partial charge in [0, 0.05) is 16.3 Å². The fourth-order valence-electron chi connectivity index (χ4n) is 2.87. The summed E-state index contributed by atoms with van der Waals surface area (Å²) in [6.07, 6.45) is 1.48. The highest BCUT2D eigenvalue weighted by molar-refractivity contribution is 6.31. The second-order valence-corrected chi connectivity index (χ2v) is 7.05. The maximum absolute atomic E-state index is 12.6. The first-order valence-corrected chi connectivity index (χ1v) is 10.0. The van der Waals surface area contributed by atoms with Crippen LogP contribution in [0.25, 0.3) is 6.08 Å². The average Bonchev–Trinajstić information content (AvgIpc) is 2.82. The Labute approximate surface area is 191 Å². The fraction of sp³-hybridized carbons (Fsp3) is 0.120. The summed E-state index contributed by atoms with van der Waals surface area (Å²) in [5, 5.41) is 12.8. The first-order valence-electron chi connectivity index (χ1n) is 9.65. The van der Waals surface area contributed by atoms with Crippen molar-refractivity contribution in [3.05, 3.63) is 88.5 Å². The number of methoxy groups -OCH3 is 2. The number of ether oxygens (including phenoxy) is 3. The first-order chi connectivity index (χ1) is 15.5. The van der Waals surface area contributed by atoms with Crippen LogP contribution in [0.1, 0.15) is 11.1 Å². The molecule has 0 bridgehead atoms. The monoisotopic (exact) mass is 448 g/mol. The molecule has 0 saturated carbocycles. The van der Waals surface area contributed by atoms with Gasteiger partial charge in [-0.05, 0) is 54.1 Å². The van der Waals surface area contributed by atoms with E-state index in [1.807, 2.05) is 24.3 Å². The normalized spacial score (nSPS) is 10.8. The van der Waals surface area contributed by atoms with Crippen molar-refractivity contribution in [2.45, 2.75) is 6.61 Å². The first kappa shape index (κ1) is 22.7. The number of nitrogens with one attached hydrogen (secondary N) is 1. The minimum absolute atomic E-state index is 0.0451. The quantitative estimate of drug-likeness (QED) is 0.364. The molecule has 1 amide bonds. The molecule has 0 spiro atoms. The van der Waals surface area contributed by atoms with Crippen LogP contribution in [0, 0.1) is 11.3 Å². The maximum Gasteiger partial charge on any atom is 0.266 e. The van der Waals surface area contributed by atoms with Crippen molar-refractivity contribution in [1.82, 2.24) is 0 Å². The summed E-state index contributed by atoms with van der Waals surface area (Å²) >= 11 is 6.13. The van der Waals surface area contributed by atoms with Crippen molar-refractivity contribution in [3.63, 3.8) is 0 Å². The number of amides is 1. The van der Waals surface area contributed by atoms with Crippen molar-refractivity contribution in [2.24, 2.45) is 0 Å². The van der Waals surface area contributed by atoms with Gasteiger partial charge in [0.15, 0.2) is 11.5 Å². The minimum atomic E-state index is -0.521. The number of carbonyl (C=O) groups excluding carboxylic acids is 1. The molecule has 0 atom stereocenters. The zero-order valence-corrected chi connectivity index (χ0v) is 18.3. The number of benzene rings is 3. The third kappa shape index (κ3) is 5.81. The number of anilines is 1. The summed E-state index contributed by atoms with van der Waals surface area (Å²) in [6, 6.07) is 21.4. The molecule has 6 nitrogen and oxygen atoms in total. The molecule has 0 heterocycles. The topological polar surface area (TPSA) is 80.6 Å². The summed E-state index contributed by atoms with van der Waals surface area (Å²) in [6.45, 7) is 0.331. The molecule has 7 heteroatoms. The maximum atomic E-state index is 12.6. The molecule has 0 aromatic heterocycles. The van der Waals surface area contributed by atoms with Crippen molar-refractivity contribution in [3.8, 4) is 23.3 Å². The van der Waals surface area contributed by atoms with Gasteiger partial charge in [-0.2, -0.15) is 5.26 Å². The van der Waals surface area contributed by atoms with Crippen molar-refractivity contribution in [1.29, 1.82) is 5.26 Å². The van der Waals surface area contributed by atoms with Gasteiger partial charge in [-0.3, -0.25) is 4.79 Å². The molecule has 32 heavy (non-hydrogen) atoms. The molecule has 0 radical (unpaired) electrons. The molecule has 0 aliphatic carbocycles. The van der Waals surface area contributed by atoms with Gasteiger partial charge in [0.1, 0.15) is 24.0 Å². The minimum Gasteiger partial charge on any atom is -0.493 e. The molecular formula is C25H21ClN2O4. The summed E-state index contributed by atoms with van der Waals surface area (Å²) < 4.78 is 16.2. The SMILES string of the molecule is COc1ccc(/C=C(\C#N)C(=O)Nc2ccc(OCc3ccccc3Cl)cc2)cc1OC. The lowest BCUT2D eigenvalue weighted by atomic mass is 10.1. The second-order valence-electron chi connectivity index (χ2n) is 6.64. The Bertz CT molecular complexity index is 1170. The van der Waals surface area contributed by atoms with Crippen LogP contribution in [0.15, 0.2) is 72.3 Å². The van der Waals surface area contributed by atoms with E-state index in [1.165, 1.54) is 20.3 Å². The fourth-order valence-corrected chi connectivity index (χ4v) is 3.06. The predicted molar refractivity (Wildman–Crippen MR) is 124 cm³/mol. The summed E-state index contributed by atoms with van der Waals surface area (Å²) in [5.41, 5.74) is 2.01. The van der Waals surface area contributed by atoms with E-state index in [4.69, 9.17) is 25.8 Å². The molecule has 3 rings (SSSR count). The molecule has 1 N–H and O–H groups in total. The third-order valence-corrected chi connectivity index (χ3v) is 4.92. The van der Waals surface area contributed by atoms with E-state index < -0.39 is 5.91 Å². The van der Waals surface area contributed by atoms with E-state index >= 15 is 0 Å². The van der Waals surface area contributed by atoms with E-state index in [1.54, 1.807) is 48.5 Å². The van der Waals surface area contributed by atoms with E-state index in [2.05, 4.69) is 5.32 Å². The summed E-state index contributed by atoms with van der Waals surface area (Å²) in [5.74, 6) is 1.17. The highest BCUT2D eigenvalue weighted by Gasteiger charge is 2.11. The zero-order chi connectivity index (χ0) is 22.9. The predicted octanol–water partition coefficient (Wildman–Crippen LogP) is 5.48. The number of hydrogen-bond donors (Lipinski definition) is 1. The molecule has 162 valence electrons. The van der Waals surface area contributed by atoms with Crippen LogP contribution >= 0.6 is 11.6 Å². The van der Waals surface area contributed by atoms with E-state index in [9.17, 15) is 10.1 Å². The number of nitriles is 1.